The number of carbonyl (C=O) groups excluding carboxylic acids is 1. The topological polar surface area (TPSA) is 46.3 Å². The van der Waals surface area contributed by atoms with Crippen LogP contribution in [-0.2, 0) is 4.79 Å². The summed E-state index contributed by atoms with van der Waals surface area (Å²) in [5, 5.41) is 0. The van der Waals surface area contributed by atoms with E-state index in [-0.39, 0.29) is 17.5 Å². The molecule has 0 aromatic heterocycles. The second-order valence-corrected chi connectivity index (χ2v) is 6.04. The Morgan fingerprint density at radius 3 is 2.50 bits per heavy atom. The zero-order chi connectivity index (χ0) is 11.8. The van der Waals surface area contributed by atoms with Crippen molar-refractivity contribution in [3.8, 4) is 0 Å². The van der Waals surface area contributed by atoms with E-state index in [0.29, 0.717) is 5.91 Å². The number of piperidine rings is 1. The molecule has 16 heavy (non-hydrogen) atoms. The fourth-order valence-corrected chi connectivity index (χ4v) is 3.03. The van der Waals surface area contributed by atoms with Crippen molar-refractivity contribution in [1.82, 2.24) is 4.90 Å². The maximum atomic E-state index is 12.4. The van der Waals surface area contributed by atoms with E-state index in [1.165, 1.54) is 12.8 Å². The van der Waals surface area contributed by atoms with Gasteiger partial charge in [-0.3, -0.25) is 4.79 Å². The highest BCUT2D eigenvalue weighted by Crippen LogP contribution is 2.33. The third-order valence-corrected chi connectivity index (χ3v) is 4.25. The third kappa shape index (κ3) is 2.24. The molecule has 3 nitrogen and oxygen atoms in total. The number of hydrogen-bond acceptors (Lipinski definition) is 2. The molecule has 1 amide bonds. The van der Waals surface area contributed by atoms with Crippen LogP contribution in [0.15, 0.2) is 0 Å². The van der Waals surface area contributed by atoms with Crippen LogP contribution in [0.3, 0.4) is 0 Å². The van der Waals surface area contributed by atoms with Gasteiger partial charge in [0.25, 0.3) is 0 Å². The first-order valence-electron chi connectivity index (χ1n) is 6.58. The lowest BCUT2D eigenvalue weighted by Gasteiger charge is -2.45. The summed E-state index contributed by atoms with van der Waals surface area (Å²) in [6.45, 7) is 5.10. The number of carbonyl (C=O) groups is 1. The lowest BCUT2D eigenvalue weighted by molar-refractivity contribution is -0.143. The highest BCUT2D eigenvalue weighted by Gasteiger charge is 2.39. The second kappa shape index (κ2) is 4.36. The molecule has 92 valence electrons. The number of amides is 1. The summed E-state index contributed by atoms with van der Waals surface area (Å²) < 4.78 is 0. The van der Waals surface area contributed by atoms with Crippen LogP contribution < -0.4 is 5.73 Å². The molecule has 0 aromatic rings. The molecule has 2 rings (SSSR count). The molecular weight excluding hydrogens is 200 g/mol. The molecule has 2 aliphatic rings. The Kier molecular flexibility index (Phi) is 3.24. The van der Waals surface area contributed by atoms with Crippen molar-refractivity contribution in [1.29, 1.82) is 0 Å². The molecule has 0 aromatic carbocycles. The minimum absolute atomic E-state index is 0.00947. The summed E-state index contributed by atoms with van der Waals surface area (Å²) in [5.74, 6) is 0.641. The van der Waals surface area contributed by atoms with E-state index in [1.807, 2.05) is 0 Å². The predicted octanol–water partition coefficient (Wildman–Crippen LogP) is 1.90. The Morgan fingerprint density at radius 1 is 1.25 bits per heavy atom. The van der Waals surface area contributed by atoms with E-state index in [0.717, 1.165) is 32.2 Å². The molecule has 1 saturated heterocycles. The molecule has 1 unspecified atom stereocenters. The lowest BCUT2D eigenvalue weighted by atomic mass is 9.87. The summed E-state index contributed by atoms with van der Waals surface area (Å²) in [6, 6.07) is 0.179. The SMILES string of the molecule is CC1(C)CCC(N)CN1C(=O)C1CCCC1. The van der Waals surface area contributed by atoms with Crippen LogP contribution in [0.5, 0.6) is 0 Å². The van der Waals surface area contributed by atoms with Gasteiger partial charge in [-0.15, -0.1) is 0 Å². The van der Waals surface area contributed by atoms with E-state index >= 15 is 0 Å². The minimum atomic E-state index is 0.00947. The van der Waals surface area contributed by atoms with Gasteiger partial charge >= 0.3 is 0 Å². The monoisotopic (exact) mass is 224 g/mol. The van der Waals surface area contributed by atoms with Crippen LogP contribution in [0.2, 0.25) is 0 Å². The van der Waals surface area contributed by atoms with Crippen molar-refractivity contribution >= 4 is 5.91 Å². The van der Waals surface area contributed by atoms with Crippen molar-refractivity contribution in [3.05, 3.63) is 0 Å². The van der Waals surface area contributed by atoms with Gasteiger partial charge in [-0.2, -0.15) is 0 Å². The zero-order valence-electron chi connectivity index (χ0n) is 10.5. The summed E-state index contributed by atoms with van der Waals surface area (Å²) in [7, 11) is 0. The highest BCUT2D eigenvalue weighted by molar-refractivity contribution is 5.80. The first-order chi connectivity index (χ1) is 7.50. The van der Waals surface area contributed by atoms with E-state index in [2.05, 4.69) is 18.7 Å². The molecule has 2 fully saturated rings. The van der Waals surface area contributed by atoms with Crippen LogP contribution in [0.25, 0.3) is 0 Å². The Labute approximate surface area is 98.4 Å². The molecule has 1 saturated carbocycles. The smallest absolute Gasteiger partial charge is 0.226 e. The van der Waals surface area contributed by atoms with Gasteiger partial charge in [-0.1, -0.05) is 12.8 Å². The molecule has 0 bridgehead atoms. The van der Waals surface area contributed by atoms with Crippen molar-refractivity contribution in [3.63, 3.8) is 0 Å². The van der Waals surface area contributed by atoms with E-state index in [1.54, 1.807) is 0 Å². The molecule has 1 heterocycles. The molecule has 0 radical (unpaired) electrons. The van der Waals surface area contributed by atoms with Gasteiger partial charge in [0.05, 0.1) is 0 Å². The zero-order valence-corrected chi connectivity index (χ0v) is 10.5. The van der Waals surface area contributed by atoms with Crippen molar-refractivity contribution in [2.24, 2.45) is 11.7 Å². The van der Waals surface area contributed by atoms with Gasteiger partial charge in [-0.05, 0) is 39.5 Å². The Balaban J connectivity index is 2.07. The van der Waals surface area contributed by atoms with Crippen LogP contribution >= 0.6 is 0 Å². The highest BCUT2D eigenvalue weighted by atomic mass is 16.2. The van der Waals surface area contributed by atoms with Crippen molar-refractivity contribution in [2.45, 2.75) is 64.0 Å². The van der Waals surface area contributed by atoms with Crippen LogP contribution in [0.4, 0.5) is 0 Å². The molecule has 1 atom stereocenters. The first-order valence-corrected chi connectivity index (χ1v) is 6.58. The number of rotatable bonds is 1. The average molecular weight is 224 g/mol. The molecular formula is C13H24N2O. The largest absolute Gasteiger partial charge is 0.336 e. The number of hydrogen-bond donors (Lipinski definition) is 1. The van der Waals surface area contributed by atoms with E-state index < -0.39 is 0 Å². The summed E-state index contributed by atoms with van der Waals surface area (Å²) in [6.07, 6.45) is 6.68. The van der Waals surface area contributed by atoms with Gasteiger partial charge in [0.1, 0.15) is 0 Å². The van der Waals surface area contributed by atoms with Crippen LogP contribution in [-0.4, -0.2) is 28.9 Å². The van der Waals surface area contributed by atoms with Crippen molar-refractivity contribution < 1.29 is 4.79 Å². The third-order valence-electron chi connectivity index (χ3n) is 4.25. The number of nitrogens with two attached hydrogens (primary N) is 1. The summed E-state index contributed by atoms with van der Waals surface area (Å²) >= 11 is 0. The molecule has 3 heteroatoms. The second-order valence-electron chi connectivity index (χ2n) is 6.04. The first kappa shape index (κ1) is 11.9. The maximum Gasteiger partial charge on any atom is 0.226 e. The fourth-order valence-electron chi connectivity index (χ4n) is 3.03. The van der Waals surface area contributed by atoms with Crippen LogP contribution in [0.1, 0.15) is 52.4 Å². The summed E-state index contributed by atoms with van der Waals surface area (Å²) in [4.78, 5) is 14.5. The number of likely N-dealkylation sites (tertiary alicyclic amines) is 1. The lowest BCUT2D eigenvalue weighted by Crippen LogP contribution is -2.57. The van der Waals surface area contributed by atoms with Gasteiger partial charge in [-0.25, -0.2) is 0 Å². The van der Waals surface area contributed by atoms with Gasteiger partial charge < -0.3 is 10.6 Å². The van der Waals surface area contributed by atoms with Gasteiger partial charge in [0, 0.05) is 24.0 Å². The van der Waals surface area contributed by atoms with Gasteiger partial charge in [0.2, 0.25) is 5.91 Å². The quantitative estimate of drug-likeness (QED) is 0.739. The Bertz CT molecular complexity index is 269. The molecule has 1 aliphatic heterocycles. The van der Waals surface area contributed by atoms with E-state index in [9.17, 15) is 4.79 Å². The van der Waals surface area contributed by atoms with Gasteiger partial charge in [0.15, 0.2) is 0 Å². The van der Waals surface area contributed by atoms with Crippen molar-refractivity contribution in [2.75, 3.05) is 6.54 Å². The molecule has 2 N–H and O–H groups in total. The maximum absolute atomic E-state index is 12.4. The Morgan fingerprint density at radius 2 is 1.88 bits per heavy atom. The predicted molar refractivity (Wildman–Crippen MR) is 65.0 cm³/mol. The number of nitrogens with zero attached hydrogens (tertiary/aromatic N) is 1. The minimum Gasteiger partial charge on any atom is -0.336 e. The van der Waals surface area contributed by atoms with Crippen LogP contribution in [0, 0.1) is 5.92 Å². The average Bonchev–Trinajstić information content (AvgIpc) is 2.74. The Hall–Kier alpha value is -0.570. The standard InChI is InChI=1S/C13H24N2O/c1-13(2)8-7-11(14)9-15(13)12(16)10-5-3-4-6-10/h10-11H,3-9,14H2,1-2H3. The summed E-state index contributed by atoms with van der Waals surface area (Å²) in [5.41, 5.74) is 6.00. The molecule has 1 aliphatic carbocycles. The normalized spacial score (nSPS) is 30.7. The van der Waals surface area contributed by atoms with E-state index in [4.69, 9.17) is 5.73 Å². The molecule has 0 spiro atoms. The fraction of sp³-hybridized carbons (Fsp3) is 0.923.